The molecular weight excluding hydrogens is 577 g/mol. The Hall–Kier alpha value is -3.90. The van der Waals surface area contributed by atoms with Crippen molar-refractivity contribution < 1.29 is 36.1 Å². The summed E-state index contributed by atoms with van der Waals surface area (Å²) >= 11 is 0. The molecule has 0 bridgehead atoms. The highest BCUT2D eigenvalue weighted by atomic mass is 32.2. The number of carbonyl (C=O) groups excluding carboxylic acids is 1. The van der Waals surface area contributed by atoms with Crippen molar-refractivity contribution >= 4 is 47.5 Å². The van der Waals surface area contributed by atoms with Gasteiger partial charge in [0.1, 0.15) is 16.7 Å². The number of nitrogens with two attached hydrogens (primary N) is 2. The van der Waals surface area contributed by atoms with Crippen molar-refractivity contribution in [2.24, 2.45) is 16.5 Å². The van der Waals surface area contributed by atoms with Gasteiger partial charge in [-0.15, -0.1) is 0 Å². The Bertz CT molecular complexity index is 1490. The summed E-state index contributed by atoms with van der Waals surface area (Å²) in [6, 6.07) is 14.1. The number of halogens is 2. The largest absolute Gasteiger partial charge is 0.451 e. The number of carbonyl (C=O) groups is 1. The number of guanidine groups is 1. The van der Waals surface area contributed by atoms with Crippen LogP contribution in [0.25, 0.3) is 6.08 Å². The molecule has 3 aromatic rings. The van der Waals surface area contributed by atoms with Crippen LogP contribution >= 0.6 is 7.60 Å². The second kappa shape index (κ2) is 14.1. The molecule has 1 amide bonds. The summed E-state index contributed by atoms with van der Waals surface area (Å²) in [7, 11) is -5.14. The molecule has 0 saturated carbocycles. The molecule has 1 unspecified atom stereocenters. The van der Waals surface area contributed by atoms with Gasteiger partial charge in [-0.1, -0.05) is 0 Å². The van der Waals surface area contributed by atoms with Crippen molar-refractivity contribution in [1.29, 1.82) is 0 Å². The van der Waals surface area contributed by atoms with E-state index in [1.807, 2.05) is 0 Å². The monoisotopic (exact) mass is 606 g/mol. The fourth-order valence-electron chi connectivity index (χ4n) is 3.43. The Morgan fingerprint density at radius 1 is 1.00 bits per heavy atom. The standard InChI is InChI=1S/C27H29F2N4O6PS/c1-4-37-40(35,38-5-2)21-10-6-19(7-11-21)33-41(36)22-12-8-20(9-13-22)39-25-23(28)15-18(16-24(25)29)14-17(3)26(34)32-27(30)31/h6-16,33H,4-5H2,1-3H3,(H4,30,31,32,34)/b17-14+. The Balaban J connectivity index is 1.69. The molecule has 0 saturated heterocycles. The summed E-state index contributed by atoms with van der Waals surface area (Å²) in [5.41, 5.74) is 10.9. The van der Waals surface area contributed by atoms with E-state index < -0.39 is 47.8 Å². The van der Waals surface area contributed by atoms with Crippen LogP contribution in [0.5, 0.6) is 11.5 Å². The minimum Gasteiger partial charge on any atom is -0.451 e. The summed E-state index contributed by atoms with van der Waals surface area (Å²) in [6.07, 6.45) is 1.23. The van der Waals surface area contributed by atoms with Crippen LogP contribution in [0.3, 0.4) is 0 Å². The fraction of sp³-hybridized carbons (Fsp3) is 0.185. The van der Waals surface area contributed by atoms with Gasteiger partial charge in [0.2, 0.25) is 0 Å². The van der Waals surface area contributed by atoms with Crippen molar-refractivity contribution in [3.8, 4) is 11.5 Å². The molecule has 3 aromatic carbocycles. The number of aliphatic imine (C=N–C) groups is 1. The Labute approximate surface area is 238 Å². The molecule has 5 N–H and O–H groups in total. The maximum absolute atomic E-state index is 14.7. The first-order valence-electron chi connectivity index (χ1n) is 12.2. The zero-order chi connectivity index (χ0) is 30.2. The van der Waals surface area contributed by atoms with Gasteiger partial charge in [-0.05, 0) is 93.1 Å². The minimum atomic E-state index is -3.44. The molecule has 3 rings (SSSR count). The van der Waals surface area contributed by atoms with E-state index >= 15 is 0 Å². The minimum absolute atomic E-state index is 0.0624. The third kappa shape index (κ3) is 8.54. The average molecular weight is 607 g/mol. The maximum atomic E-state index is 14.7. The SMILES string of the molecule is CCOP(=O)(OCC)c1ccc(NS(=O)c2ccc(Oc3c(F)cc(/C=C(\C)C(=O)N=C(N)N)cc3F)cc2)cc1. The Morgan fingerprint density at radius 3 is 2.07 bits per heavy atom. The molecule has 0 radical (unpaired) electrons. The van der Waals surface area contributed by atoms with Crippen LogP contribution in [0, 0.1) is 11.6 Å². The van der Waals surface area contributed by atoms with E-state index in [0.717, 1.165) is 12.1 Å². The van der Waals surface area contributed by atoms with E-state index in [9.17, 15) is 22.3 Å². The fourth-order valence-corrected chi connectivity index (χ4v) is 5.85. The zero-order valence-corrected chi connectivity index (χ0v) is 24.1. The number of hydrogen-bond acceptors (Lipinski definition) is 6. The molecular formula is C27H29F2N4O6PS. The predicted molar refractivity (Wildman–Crippen MR) is 154 cm³/mol. The lowest BCUT2D eigenvalue weighted by Crippen LogP contribution is -2.24. The summed E-state index contributed by atoms with van der Waals surface area (Å²) in [6.45, 7) is 5.26. The number of benzene rings is 3. The number of nitrogens with one attached hydrogen (secondary N) is 1. The molecule has 0 fully saturated rings. The van der Waals surface area contributed by atoms with Crippen LogP contribution in [0.15, 0.2) is 76.1 Å². The smallest absolute Gasteiger partial charge is 0.361 e. The maximum Gasteiger partial charge on any atom is 0.361 e. The lowest BCUT2D eigenvalue weighted by Gasteiger charge is -2.17. The second-order valence-electron chi connectivity index (χ2n) is 8.31. The number of anilines is 1. The highest BCUT2D eigenvalue weighted by molar-refractivity contribution is 7.86. The second-order valence-corrected chi connectivity index (χ2v) is 11.5. The van der Waals surface area contributed by atoms with Crippen molar-refractivity contribution in [3.05, 3.63) is 83.4 Å². The van der Waals surface area contributed by atoms with Crippen LogP contribution < -0.4 is 26.2 Å². The normalized spacial score (nSPS) is 12.5. The molecule has 10 nitrogen and oxygen atoms in total. The van der Waals surface area contributed by atoms with Crippen LogP contribution in [0.2, 0.25) is 0 Å². The van der Waals surface area contributed by atoms with Gasteiger partial charge < -0.3 is 30.0 Å². The first-order chi connectivity index (χ1) is 19.4. The first-order valence-corrected chi connectivity index (χ1v) is 14.9. The third-order valence-corrected chi connectivity index (χ3v) is 8.47. The molecule has 0 heterocycles. The Morgan fingerprint density at radius 2 is 1.56 bits per heavy atom. The Kier molecular flexibility index (Phi) is 10.9. The summed E-state index contributed by atoms with van der Waals surface area (Å²) in [4.78, 5) is 15.6. The van der Waals surface area contributed by atoms with E-state index in [1.54, 1.807) is 38.1 Å². The zero-order valence-electron chi connectivity index (χ0n) is 22.4. The first kappa shape index (κ1) is 31.6. The molecule has 0 spiro atoms. The number of amides is 1. The highest BCUT2D eigenvalue weighted by Gasteiger charge is 2.26. The van der Waals surface area contributed by atoms with E-state index in [2.05, 4.69) is 9.71 Å². The van der Waals surface area contributed by atoms with E-state index in [0.29, 0.717) is 15.9 Å². The quantitative estimate of drug-likeness (QED) is 0.113. The number of hydrogen-bond donors (Lipinski definition) is 3. The van der Waals surface area contributed by atoms with Crippen LogP contribution in [0.4, 0.5) is 14.5 Å². The lowest BCUT2D eigenvalue weighted by molar-refractivity contribution is -0.114. The number of nitrogens with zero attached hydrogens (tertiary/aromatic N) is 1. The van der Waals surface area contributed by atoms with Crippen molar-refractivity contribution in [1.82, 2.24) is 0 Å². The van der Waals surface area contributed by atoms with E-state index in [1.165, 1.54) is 37.3 Å². The average Bonchev–Trinajstić information content (AvgIpc) is 2.91. The summed E-state index contributed by atoms with van der Waals surface area (Å²) in [5.74, 6) is -3.75. The van der Waals surface area contributed by atoms with Gasteiger partial charge >= 0.3 is 7.60 Å². The predicted octanol–water partition coefficient (Wildman–Crippen LogP) is 4.99. The van der Waals surface area contributed by atoms with Crippen molar-refractivity contribution in [3.63, 3.8) is 0 Å². The van der Waals surface area contributed by atoms with Crippen LogP contribution in [0.1, 0.15) is 26.3 Å². The van der Waals surface area contributed by atoms with E-state index in [-0.39, 0.29) is 30.1 Å². The summed E-state index contributed by atoms with van der Waals surface area (Å²) < 4.78 is 73.8. The van der Waals surface area contributed by atoms with Gasteiger partial charge in [-0.25, -0.2) is 13.0 Å². The molecule has 1 atom stereocenters. The lowest BCUT2D eigenvalue weighted by atomic mass is 10.1. The van der Waals surface area contributed by atoms with Crippen LogP contribution in [-0.4, -0.2) is 29.3 Å². The van der Waals surface area contributed by atoms with Crippen molar-refractivity contribution in [2.45, 2.75) is 25.7 Å². The molecule has 0 aliphatic rings. The van der Waals surface area contributed by atoms with Gasteiger partial charge in [-0.2, -0.15) is 4.99 Å². The molecule has 0 aromatic heterocycles. The van der Waals surface area contributed by atoms with Crippen LogP contribution in [-0.2, 0) is 29.4 Å². The molecule has 41 heavy (non-hydrogen) atoms. The molecule has 0 aliphatic heterocycles. The topological polar surface area (TPSA) is 155 Å². The highest BCUT2D eigenvalue weighted by Crippen LogP contribution is 2.46. The van der Waals surface area contributed by atoms with Gasteiger partial charge in [0.05, 0.1) is 23.4 Å². The van der Waals surface area contributed by atoms with Gasteiger partial charge in [-0.3, -0.25) is 9.36 Å². The van der Waals surface area contributed by atoms with E-state index in [4.69, 9.17) is 25.3 Å². The van der Waals surface area contributed by atoms with Gasteiger partial charge in [0.15, 0.2) is 23.3 Å². The number of rotatable bonds is 12. The third-order valence-electron chi connectivity index (χ3n) is 5.22. The summed E-state index contributed by atoms with van der Waals surface area (Å²) in [5, 5.41) is 0.372. The molecule has 218 valence electrons. The number of ether oxygens (including phenoxy) is 1. The van der Waals surface area contributed by atoms with Gasteiger partial charge in [0, 0.05) is 11.3 Å². The van der Waals surface area contributed by atoms with Gasteiger partial charge in [0.25, 0.3) is 5.91 Å². The molecule has 14 heteroatoms. The van der Waals surface area contributed by atoms with Crippen molar-refractivity contribution in [2.75, 3.05) is 17.9 Å². The molecule has 0 aliphatic carbocycles.